The van der Waals surface area contributed by atoms with Crippen LogP contribution in [0.1, 0.15) is 11.1 Å². The van der Waals surface area contributed by atoms with E-state index >= 15 is 0 Å². The van der Waals surface area contributed by atoms with Gasteiger partial charge in [-0.25, -0.2) is 0 Å². The molecule has 134 valence electrons. The van der Waals surface area contributed by atoms with E-state index in [2.05, 4.69) is 5.32 Å². The number of hydrogen-bond donors (Lipinski definition) is 1. The number of nitrogens with zero attached hydrogens (tertiary/aromatic N) is 1. The van der Waals surface area contributed by atoms with Gasteiger partial charge in [-0.15, -0.1) is 0 Å². The first kappa shape index (κ1) is 18.0. The van der Waals surface area contributed by atoms with E-state index in [1.165, 1.54) is 0 Å². The van der Waals surface area contributed by atoms with Crippen molar-refractivity contribution in [3.63, 3.8) is 0 Å². The van der Waals surface area contributed by atoms with Gasteiger partial charge in [-0.2, -0.15) is 0 Å². The van der Waals surface area contributed by atoms with E-state index in [0.717, 1.165) is 21.8 Å². The SMILES string of the molecule is COc1ccc(CCNC2=C(Cl)C(=O)N(Cc3ccccc3)C2=O)cc1. The summed E-state index contributed by atoms with van der Waals surface area (Å²) in [6.45, 7) is 0.703. The molecule has 0 radical (unpaired) electrons. The van der Waals surface area contributed by atoms with Crippen molar-refractivity contribution < 1.29 is 14.3 Å². The van der Waals surface area contributed by atoms with Gasteiger partial charge in [0.15, 0.2) is 0 Å². The van der Waals surface area contributed by atoms with E-state index in [-0.39, 0.29) is 17.3 Å². The number of hydrogen-bond acceptors (Lipinski definition) is 4. The minimum Gasteiger partial charge on any atom is -0.497 e. The molecular weight excluding hydrogens is 352 g/mol. The summed E-state index contributed by atoms with van der Waals surface area (Å²) in [4.78, 5) is 26.0. The van der Waals surface area contributed by atoms with E-state index in [1.54, 1.807) is 7.11 Å². The van der Waals surface area contributed by atoms with E-state index in [1.807, 2.05) is 54.6 Å². The molecule has 0 fully saturated rings. The van der Waals surface area contributed by atoms with Crippen molar-refractivity contribution in [3.8, 4) is 5.75 Å². The Morgan fingerprint density at radius 3 is 2.31 bits per heavy atom. The lowest BCUT2D eigenvalue weighted by atomic mass is 10.1. The fourth-order valence-corrected chi connectivity index (χ4v) is 2.98. The van der Waals surface area contributed by atoms with Crippen LogP contribution in [-0.2, 0) is 22.6 Å². The summed E-state index contributed by atoms with van der Waals surface area (Å²) in [5.41, 5.74) is 2.13. The maximum atomic E-state index is 12.5. The van der Waals surface area contributed by atoms with Gasteiger partial charge in [-0.05, 0) is 29.7 Å². The van der Waals surface area contributed by atoms with Crippen molar-refractivity contribution in [2.45, 2.75) is 13.0 Å². The van der Waals surface area contributed by atoms with E-state index in [4.69, 9.17) is 16.3 Å². The summed E-state index contributed by atoms with van der Waals surface area (Å²) in [5, 5.41) is 2.95. The number of carbonyl (C=O) groups excluding carboxylic acids is 2. The topological polar surface area (TPSA) is 58.6 Å². The average Bonchev–Trinajstić information content (AvgIpc) is 2.87. The molecule has 2 aromatic rings. The second kappa shape index (κ2) is 8.06. The molecule has 2 aromatic carbocycles. The summed E-state index contributed by atoms with van der Waals surface area (Å²) < 4.78 is 5.13. The highest BCUT2D eigenvalue weighted by atomic mass is 35.5. The van der Waals surface area contributed by atoms with Gasteiger partial charge in [0.05, 0.1) is 13.7 Å². The van der Waals surface area contributed by atoms with Crippen LogP contribution in [-0.4, -0.2) is 30.4 Å². The molecule has 1 N–H and O–H groups in total. The van der Waals surface area contributed by atoms with E-state index in [9.17, 15) is 9.59 Å². The zero-order valence-corrected chi connectivity index (χ0v) is 15.1. The Morgan fingerprint density at radius 1 is 0.962 bits per heavy atom. The van der Waals surface area contributed by atoms with E-state index in [0.29, 0.717) is 13.0 Å². The first-order chi connectivity index (χ1) is 12.6. The molecular formula is C20H19ClN2O3. The molecule has 3 rings (SSSR count). The molecule has 2 amide bonds. The van der Waals surface area contributed by atoms with Crippen molar-refractivity contribution in [3.05, 3.63) is 76.5 Å². The number of imide groups is 1. The van der Waals surface area contributed by atoms with Crippen LogP contribution in [0.15, 0.2) is 65.3 Å². The number of benzene rings is 2. The van der Waals surface area contributed by atoms with Crippen LogP contribution in [0.3, 0.4) is 0 Å². The Labute approximate surface area is 157 Å². The molecule has 0 saturated carbocycles. The number of methoxy groups -OCH3 is 1. The van der Waals surface area contributed by atoms with Crippen molar-refractivity contribution in [2.75, 3.05) is 13.7 Å². The Bertz CT molecular complexity index is 832. The molecule has 1 heterocycles. The summed E-state index contributed by atoms with van der Waals surface area (Å²) in [7, 11) is 1.62. The van der Waals surface area contributed by atoms with Crippen LogP contribution >= 0.6 is 11.6 Å². The Kier molecular flexibility index (Phi) is 5.58. The monoisotopic (exact) mass is 370 g/mol. The van der Waals surface area contributed by atoms with Crippen LogP contribution in [0.25, 0.3) is 0 Å². The van der Waals surface area contributed by atoms with Crippen LogP contribution < -0.4 is 10.1 Å². The number of halogens is 1. The minimum absolute atomic E-state index is 0.0549. The third kappa shape index (κ3) is 3.89. The highest BCUT2D eigenvalue weighted by molar-refractivity contribution is 6.47. The second-order valence-corrected chi connectivity index (χ2v) is 6.27. The van der Waals surface area contributed by atoms with Crippen molar-refractivity contribution in [1.82, 2.24) is 10.2 Å². The third-order valence-corrected chi connectivity index (χ3v) is 4.52. The van der Waals surface area contributed by atoms with Gasteiger partial charge in [-0.3, -0.25) is 14.5 Å². The van der Waals surface area contributed by atoms with Crippen LogP contribution in [0.5, 0.6) is 5.75 Å². The quantitative estimate of drug-likeness (QED) is 0.761. The number of nitrogens with one attached hydrogen (secondary N) is 1. The van der Waals surface area contributed by atoms with Crippen molar-refractivity contribution in [1.29, 1.82) is 0 Å². The standard InChI is InChI=1S/C20H19ClN2O3/c1-26-16-9-7-14(8-10-16)11-12-22-18-17(21)19(24)23(20(18)25)13-15-5-3-2-4-6-15/h2-10,22H,11-13H2,1H3. The number of carbonyl (C=O) groups is 2. The lowest BCUT2D eigenvalue weighted by Gasteiger charge is -2.15. The zero-order chi connectivity index (χ0) is 18.5. The molecule has 0 atom stereocenters. The molecule has 1 aliphatic heterocycles. The van der Waals surface area contributed by atoms with Gasteiger partial charge in [0, 0.05) is 6.54 Å². The van der Waals surface area contributed by atoms with Gasteiger partial charge in [0.2, 0.25) is 0 Å². The molecule has 0 aromatic heterocycles. The normalized spacial score (nSPS) is 14.2. The highest BCUT2D eigenvalue weighted by Gasteiger charge is 2.37. The first-order valence-corrected chi connectivity index (χ1v) is 8.64. The number of rotatable bonds is 7. The second-order valence-electron chi connectivity index (χ2n) is 5.90. The largest absolute Gasteiger partial charge is 0.497 e. The van der Waals surface area contributed by atoms with Crippen LogP contribution in [0, 0.1) is 0 Å². The van der Waals surface area contributed by atoms with Gasteiger partial charge in [0.25, 0.3) is 11.8 Å². The predicted molar refractivity (Wildman–Crippen MR) is 99.6 cm³/mol. The van der Waals surface area contributed by atoms with Gasteiger partial charge >= 0.3 is 0 Å². The predicted octanol–water partition coefficient (Wildman–Crippen LogP) is 2.85. The average molecular weight is 371 g/mol. The summed E-state index contributed by atoms with van der Waals surface area (Å²) >= 11 is 6.09. The maximum absolute atomic E-state index is 12.5. The summed E-state index contributed by atoms with van der Waals surface area (Å²) in [5.74, 6) is -0.0633. The Morgan fingerprint density at radius 2 is 1.65 bits per heavy atom. The molecule has 5 nitrogen and oxygen atoms in total. The van der Waals surface area contributed by atoms with Gasteiger partial charge in [-0.1, -0.05) is 54.1 Å². The molecule has 26 heavy (non-hydrogen) atoms. The van der Waals surface area contributed by atoms with Gasteiger partial charge < -0.3 is 10.1 Å². The van der Waals surface area contributed by atoms with E-state index < -0.39 is 11.8 Å². The molecule has 6 heteroatoms. The Hall–Kier alpha value is -2.79. The first-order valence-electron chi connectivity index (χ1n) is 8.27. The zero-order valence-electron chi connectivity index (χ0n) is 14.4. The molecule has 0 spiro atoms. The van der Waals surface area contributed by atoms with Crippen LogP contribution in [0.4, 0.5) is 0 Å². The summed E-state index contributed by atoms with van der Waals surface area (Å²) in [6.07, 6.45) is 0.692. The van der Waals surface area contributed by atoms with Gasteiger partial charge in [0.1, 0.15) is 16.5 Å². The molecule has 0 unspecified atom stereocenters. The lowest BCUT2D eigenvalue weighted by molar-refractivity contribution is -0.138. The lowest BCUT2D eigenvalue weighted by Crippen LogP contribution is -2.33. The Balaban J connectivity index is 1.60. The fraction of sp³-hybridized carbons (Fsp3) is 0.200. The summed E-state index contributed by atoms with van der Waals surface area (Å²) in [6, 6.07) is 17.0. The molecule has 0 aliphatic carbocycles. The molecule has 1 aliphatic rings. The molecule has 0 bridgehead atoms. The highest BCUT2D eigenvalue weighted by Crippen LogP contribution is 2.24. The fourth-order valence-electron chi connectivity index (χ4n) is 2.73. The molecule has 0 saturated heterocycles. The minimum atomic E-state index is -0.465. The van der Waals surface area contributed by atoms with Crippen molar-refractivity contribution >= 4 is 23.4 Å². The number of ether oxygens (including phenoxy) is 1. The smallest absolute Gasteiger partial charge is 0.278 e. The number of amides is 2. The third-order valence-electron chi connectivity index (χ3n) is 4.17. The van der Waals surface area contributed by atoms with Crippen LogP contribution in [0.2, 0.25) is 0 Å². The van der Waals surface area contributed by atoms with Crippen molar-refractivity contribution in [2.24, 2.45) is 0 Å². The maximum Gasteiger partial charge on any atom is 0.278 e.